The highest BCUT2D eigenvalue weighted by atomic mass is 79.9. The molecular weight excluding hydrogens is 378 g/mol. The van der Waals surface area contributed by atoms with E-state index in [2.05, 4.69) is 38.1 Å². The van der Waals surface area contributed by atoms with Gasteiger partial charge in [-0.2, -0.15) is 0 Å². The fourth-order valence-corrected chi connectivity index (χ4v) is 3.21. The van der Waals surface area contributed by atoms with Crippen molar-refractivity contribution >= 4 is 50.7 Å². The van der Waals surface area contributed by atoms with E-state index in [0.717, 1.165) is 39.9 Å². The minimum absolute atomic E-state index is 0.202. The molecule has 4 rings (SSSR count). The monoisotopic (exact) mass is 389 g/mol. The number of hydrogen-bond acceptors (Lipinski definition) is 5. The summed E-state index contributed by atoms with van der Waals surface area (Å²) in [6.07, 6.45) is 1.77. The number of nitrogens with one attached hydrogen (secondary N) is 1. The Morgan fingerprint density at radius 1 is 1.35 bits per heavy atom. The maximum Gasteiger partial charge on any atom is 0.209 e. The highest BCUT2D eigenvalue weighted by molar-refractivity contribution is 9.10. The normalized spacial score (nSPS) is 18.9. The van der Waals surface area contributed by atoms with Crippen LogP contribution in [0.4, 0.5) is 11.4 Å². The summed E-state index contributed by atoms with van der Waals surface area (Å²) in [6.45, 7) is 2.86. The maximum atomic E-state index is 6.07. The van der Waals surface area contributed by atoms with Crippen LogP contribution in [0.1, 0.15) is 12.6 Å². The van der Waals surface area contributed by atoms with E-state index < -0.39 is 0 Å². The topological polar surface area (TPSA) is 52.9 Å². The first kappa shape index (κ1) is 14.7. The molecule has 2 aromatic rings. The van der Waals surface area contributed by atoms with Crippen LogP contribution in [0.3, 0.4) is 0 Å². The summed E-state index contributed by atoms with van der Waals surface area (Å²) < 4.78 is 0.891. The number of benzene rings is 1. The van der Waals surface area contributed by atoms with Crippen molar-refractivity contribution in [3.05, 3.63) is 51.7 Å². The first-order valence-corrected chi connectivity index (χ1v) is 8.40. The summed E-state index contributed by atoms with van der Waals surface area (Å²) in [5.74, 6) is 1.60. The van der Waals surface area contributed by atoms with Gasteiger partial charge in [0.2, 0.25) is 5.96 Å². The number of halogens is 2. The van der Waals surface area contributed by atoms with Crippen LogP contribution in [0, 0.1) is 0 Å². The molecule has 1 unspecified atom stereocenters. The Balaban J connectivity index is 1.78. The van der Waals surface area contributed by atoms with Gasteiger partial charge in [-0.1, -0.05) is 17.7 Å². The summed E-state index contributed by atoms with van der Waals surface area (Å²) >= 11 is 9.51. The van der Waals surface area contributed by atoms with Gasteiger partial charge >= 0.3 is 0 Å². The molecular formula is C16H13BrClN5. The van der Waals surface area contributed by atoms with Crippen molar-refractivity contribution in [2.24, 2.45) is 9.98 Å². The van der Waals surface area contributed by atoms with Crippen LogP contribution in [0.2, 0.25) is 5.02 Å². The van der Waals surface area contributed by atoms with E-state index >= 15 is 0 Å². The molecule has 116 valence electrons. The second kappa shape index (κ2) is 5.62. The van der Waals surface area contributed by atoms with Crippen molar-refractivity contribution in [2.45, 2.75) is 13.0 Å². The van der Waals surface area contributed by atoms with Gasteiger partial charge in [-0.25, -0.2) is 9.98 Å². The number of guanidine groups is 1. The molecule has 0 aliphatic carbocycles. The summed E-state index contributed by atoms with van der Waals surface area (Å²) in [4.78, 5) is 16.0. The molecule has 0 bridgehead atoms. The maximum absolute atomic E-state index is 6.07. The van der Waals surface area contributed by atoms with Gasteiger partial charge in [0.15, 0.2) is 5.84 Å². The van der Waals surface area contributed by atoms with E-state index in [-0.39, 0.29) is 6.04 Å². The van der Waals surface area contributed by atoms with Crippen LogP contribution < -0.4 is 5.32 Å². The molecule has 0 saturated carbocycles. The largest absolute Gasteiger partial charge is 0.325 e. The van der Waals surface area contributed by atoms with Crippen molar-refractivity contribution in [2.75, 3.05) is 11.9 Å². The Bertz CT molecular complexity index is 848. The molecule has 2 aliphatic rings. The van der Waals surface area contributed by atoms with Crippen LogP contribution in [0.15, 0.2) is 51.0 Å². The second-order valence-corrected chi connectivity index (χ2v) is 6.86. The Labute approximate surface area is 147 Å². The van der Waals surface area contributed by atoms with Gasteiger partial charge in [-0.05, 0) is 47.1 Å². The molecule has 0 amide bonds. The molecule has 1 aromatic heterocycles. The van der Waals surface area contributed by atoms with E-state index in [1.54, 1.807) is 6.20 Å². The number of aromatic nitrogens is 1. The van der Waals surface area contributed by atoms with Crippen LogP contribution in [-0.4, -0.2) is 34.3 Å². The standard InChI is InChI=1S/C16H13BrClN5/c1-9-8-23-15(20-9)14-13(5-10(17)7-19-14)22-16(23)21-12-4-2-3-11(18)6-12/h2-7,9H,8H2,1H3,(H,21,22). The first-order chi connectivity index (χ1) is 11.1. The predicted octanol–water partition coefficient (Wildman–Crippen LogP) is 4.06. The summed E-state index contributed by atoms with van der Waals surface area (Å²) in [7, 11) is 0. The highest BCUT2D eigenvalue weighted by Gasteiger charge is 2.33. The van der Waals surface area contributed by atoms with E-state index in [4.69, 9.17) is 21.6 Å². The van der Waals surface area contributed by atoms with Gasteiger partial charge < -0.3 is 5.32 Å². The quantitative estimate of drug-likeness (QED) is 0.799. The minimum atomic E-state index is 0.202. The lowest BCUT2D eigenvalue weighted by molar-refractivity contribution is 0.594. The van der Waals surface area contributed by atoms with Gasteiger partial charge in [0, 0.05) is 27.9 Å². The fourth-order valence-electron chi connectivity index (χ4n) is 2.70. The molecule has 0 fully saturated rings. The molecule has 0 saturated heterocycles. The van der Waals surface area contributed by atoms with Crippen molar-refractivity contribution in [3.8, 4) is 0 Å². The Morgan fingerprint density at radius 3 is 3.04 bits per heavy atom. The van der Waals surface area contributed by atoms with E-state index in [1.165, 1.54) is 0 Å². The number of fused-ring (bicyclic) bond motifs is 3. The van der Waals surface area contributed by atoms with Gasteiger partial charge in [0.05, 0.1) is 11.7 Å². The lowest BCUT2D eigenvalue weighted by atomic mass is 10.2. The summed E-state index contributed by atoms with van der Waals surface area (Å²) in [6, 6.07) is 9.73. The fraction of sp³-hybridized carbons (Fsp3) is 0.188. The smallest absolute Gasteiger partial charge is 0.209 e. The van der Waals surface area contributed by atoms with Crippen LogP contribution >= 0.6 is 27.5 Å². The zero-order valence-corrected chi connectivity index (χ0v) is 14.6. The van der Waals surface area contributed by atoms with Crippen molar-refractivity contribution in [1.29, 1.82) is 0 Å². The molecule has 1 atom stereocenters. The van der Waals surface area contributed by atoms with Crippen LogP contribution in [0.5, 0.6) is 0 Å². The number of rotatable bonds is 1. The zero-order chi connectivity index (χ0) is 16.0. The molecule has 7 heteroatoms. The average Bonchev–Trinajstić information content (AvgIpc) is 2.89. The third-order valence-electron chi connectivity index (χ3n) is 3.65. The molecule has 1 N–H and O–H groups in total. The highest BCUT2D eigenvalue weighted by Crippen LogP contribution is 2.31. The number of pyridine rings is 1. The van der Waals surface area contributed by atoms with Crippen molar-refractivity contribution in [1.82, 2.24) is 9.88 Å². The Kier molecular flexibility index (Phi) is 3.58. The molecule has 2 aliphatic heterocycles. The van der Waals surface area contributed by atoms with Gasteiger partial charge in [0.1, 0.15) is 5.69 Å². The second-order valence-electron chi connectivity index (χ2n) is 5.50. The molecule has 0 spiro atoms. The predicted molar refractivity (Wildman–Crippen MR) is 96.8 cm³/mol. The van der Waals surface area contributed by atoms with Gasteiger partial charge in [-0.3, -0.25) is 9.89 Å². The van der Waals surface area contributed by atoms with Gasteiger partial charge in [0.25, 0.3) is 0 Å². The SMILES string of the molecule is CC1CN2C(Nc3cccc(Cl)c3)=Nc3cc(Br)cnc3C2=N1. The van der Waals surface area contributed by atoms with Crippen molar-refractivity contribution in [3.63, 3.8) is 0 Å². The number of hydrogen-bond donors (Lipinski definition) is 1. The summed E-state index contributed by atoms with van der Waals surface area (Å²) in [5, 5.41) is 4.02. The van der Waals surface area contributed by atoms with Crippen LogP contribution in [0.25, 0.3) is 0 Å². The summed E-state index contributed by atoms with van der Waals surface area (Å²) in [5.41, 5.74) is 2.50. The Hall–Kier alpha value is -1.92. The molecule has 0 radical (unpaired) electrons. The first-order valence-electron chi connectivity index (χ1n) is 7.23. The lowest BCUT2D eigenvalue weighted by Gasteiger charge is -2.27. The average molecular weight is 391 g/mol. The lowest BCUT2D eigenvalue weighted by Crippen LogP contribution is -2.42. The van der Waals surface area contributed by atoms with E-state index in [1.807, 2.05) is 30.3 Å². The van der Waals surface area contributed by atoms with Crippen molar-refractivity contribution < 1.29 is 0 Å². The van der Waals surface area contributed by atoms with Gasteiger partial charge in [-0.15, -0.1) is 0 Å². The molecule has 5 nitrogen and oxygen atoms in total. The Morgan fingerprint density at radius 2 is 2.22 bits per heavy atom. The third kappa shape index (κ3) is 2.72. The molecule has 1 aromatic carbocycles. The zero-order valence-electron chi connectivity index (χ0n) is 12.3. The van der Waals surface area contributed by atoms with Crippen LogP contribution in [-0.2, 0) is 0 Å². The number of amidine groups is 1. The number of anilines is 1. The minimum Gasteiger partial charge on any atom is -0.325 e. The van der Waals surface area contributed by atoms with E-state index in [0.29, 0.717) is 5.02 Å². The number of nitrogens with zero attached hydrogens (tertiary/aromatic N) is 4. The molecule has 23 heavy (non-hydrogen) atoms. The number of aliphatic imine (C=N–C) groups is 2. The third-order valence-corrected chi connectivity index (χ3v) is 4.32. The molecule has 3 heterocycles. The van der Waals surface area contributed by atoms with E-state index in [9.17, 15) is 0 Å².